The highest BCUT2D eigenvalue weighted by molar-refractivity contribution is 14.0. The van der Waals surface area contributed by atoms with Crippen LogP contribution in [0.2, 0.25) is 0 Å². The number of nitrogens with zero attached hydrogens (tertiary/aromatic N) is 1. The van der Waals surface area contributed by atoms with Crippen molar-refractivity contribution < 1.29 is 0 Å². The first kappa shape index (κ1) is 22.2. The maximum absolute atomic E-state index is 4.25. The number of halogens is 1. The molecule has 0 aliphatic carbocycles. The molecule has 0 saturated heterocycles. The van der Waals surface area contributed by atoms with Crippen LogP contribution in [0.3, 0.4) is 0 Å². The van der Waals surface area contributed by atoms with Gasteiger partial charge in [0.1, 0.15) is 0 Å². The molecule has 132 valence electrons. The summed E-state index contributed by atoms with van der Waals surface area (Å²) in [4.78, 5) is 4.25. The molecular formula is C18H33IN4. The number of aryl methyl sites for hydroxylation is 2. The largest absolute Gasteiger partial charge is 0.356 e. The average Bonchev–Trinajstić information content (AvgIpc) is 2.39. The van der Waals surface area contributed by atoms with Crippen LogP contribution in [-0.2, 0) is 6.42 Å². The number of nitrogens with one attached hydrogen (secondary N) is 3. The minimum atomic E-state index is 0. The van der Waals surface area contributed by atoms with Crippen LogP contribution in [0.4, 0.5) is 0 Å². The highest BCUT2D eigenvalue weighted by Gasteiger charge is 2.07. The lowest BCUT2D eigenvalue weighted by Crippen LogP contribution is -2.44. The molecule has 0 fully saturated rings. The first-order chi connectivity index (χ1) is 10.3. The fraction of sp³-hybridized carbons (Fsp3) is 0.611. The van der Waals surface area contributed by atoms with Gasteiger partial charge in [-0.25, -0.2) is 0 Å². The average molecular weight is 432 g/mol. The second kappa shape index (κ2) is 10.9. The highest BCUT2D eigenvalue weighted by Crippen LogP contribution is 2.08. The number of hydrogen-bond donors (Lipinski definition) is 3. The zero-order valence-corrected chi connectivity index (χ0v) is 17.7. The van der Waals surface area contributed by atoms with E-state index in [2.05, 4.69) is 73.8 Å². The van der Waals surface area contributed by atoms with Crippen LogP contribution in [0.5, 0.6) is 0 Å². The molecule has 3 N–H and O–H groups in total. The second-order valence-electron chi connectivity index (χ2n) is 6.85. The Balaban J connectivity index is 0.00000484. The van der Waals surface area contributed by atoms with Gasteiger partial charge in [-0.2, -0.15) is 0 Å². The predicted molar refractivity (Wildman–Crippen MR) is 112 cm³/mol. The van der Waals surface area contributed by atoms with E-state index in [4.69, 9.17) is 0 Å². The number of hydrogen-bond acceptors (Lipinski definition) is 2. The van der Waals surface area contributed by atoms with E-state index in [1.807, 2.05) is 7.05 Å². The molecule has 0 amide bonds. The van der Waals surface area contributed by atoms with Crippen LogP contribution < -0.4 is 16.0 Å². The summed E-state index contributed by atoms with van der Waals surface area (Å²) in [5.41, 5.74) is 4.17. The molecule has 0 atom stereocenters. The summed E-state index contributed by atoms with van der Waals surface area (Å²) in [6.07, 6.45) is 1.00. The van der Waals surface area contributed by atoms with E-state index in [1.165, 1.54) is 16.7 Å². The number of benzene rings is 1. The monoisotopic (exact) mass is 432 g/mol. The molecule has 1 aromatic carbocycles. The SMILES string of the molecule is CN=C(NCCNC(C)(C)C)NCCc1cc(C)cc(C)c1.I. The molecule has 0 heterocycles. The van der Waals surface area contributed by atoms with Crippen LogP contribution >= 0.6 is 24.0 Å². The topological polar surface area (TPSA) is 48.5 Å². The minimum absolute atomic E-state index is 0. The molecule has 23 heavy (non-hydrogen) atoms. The van der Waals surface area contributed by atoms with E-state index >= 15 is 0 Å². The van der Waals surface area contributed by atoms with Crippen LogP contribution in [0, 0.1) is 13.8 Å². The Labute approximate surface area is 158 Å². The Bertz CT molecular complexity index is 472. The Morgan fingerprint density at radius 1 is 0.957 bits per heavy atom. The van der Waals surface area contributed by atoms with Crippen molar-refractivity contribution in [3.8, 4) is 0 Å². The summed E-state index contributed by atoms with van der Waals surface area (Å²) in [5.74, 6) is 0.861. The first-order valence-electron chi connectivity index (χ1n) is 8.07. The van der Waals surface area contributed by atoms with Gasteiger partial charge in [0.2, 0.25) is 0 Å². The maximum atomic E-state index is 4.25. The molecule has 0 bridgehead atoms. The van der Waals surface area contributed by atoms with Gasteiger partial charge in [0.15, 0.2) is 5.96 Å². The van der Waals surface area contributed by atoms with Crippen LogP contribution in [0.15, 0.2) is 23.2 Å². The quantitative estimate of drug-likeness (QED) is 0.280. The van der Waals surface area contributed by atoms with Crippen molar-refractivity contribution in [2.45, 2.75) is 46.6 Å². The molecule has 4 nitrogen and oxygen atoms in total. The third kappa shape index (κ3) is 10.5. The smallest absolute Gasteiger partial charge is 0.191 e. The van der Waals surface area contributed by atoms with E-state index < -0.39 is 0 Å². The van der Waals surface area contributed by atoms with E-state index in [0.29, 0.717) is 0 Å². The molecule has 5 heteroatoms. The molecule has 0 aliphatic rings. The highest BCUT2D eigenvalue weighted by atomic mass is 127. The summed E-state index contributed by atoms with van der Waals surface area (Å²) in [6.45, 7) is 13.5. The zero-order valence-electron chi connectivity index (χ0n) is 15.4. The first-order valence-corrected chi connectivity index (χ1v) is 8.07. The number of aliphatic imine (C=N–C) groups is 1. The summed E-state index contributed by atoms with van der Waals surface area (Å²) in [6, 6.07) is 6.70. The Morgan fingerprint density at radius 2 is 1.52 bits per heavy atom. The Morgan fingerprint density at radius 3 is 2.04 bits per heavy atom. The molecule has 1 rings (SSSR count). The Hall–Kier alpha value is -0.820. The zero-order chi connectivity index (χ0) is 16.6. The number of guanidine groups is 1. The van der Waals surface area contributed by atoms with Crippen molar-refractivity contribution in [1.82, 2.24) is 16.0 Å². The molecule has 0 spiro atoms. The summed E-state index contributed by atoms with van der Waals surface area (Å²) < 4.78 is 0. The van der Waals surface area contributed by atoms with Crippen molar-refractivity contribution in [1.29, 1.82) is 0 Å². The number of rotatable bonds is 6. The van der Waals surface area contributed by atoms with Gasteiger partial charge in [-0.05, 0) is 46.6 Å². The lowest BCUT2D eigenvalue weighted by atomic mass is 10.1. The lowest BCUT2D eigenvalue weighted by Gasteiger charge is -2.21. The Kier molecular flexibility index (Phi) is 10.5. The fourth-order valence-electron chi connectivity index (χ4n) is 2.38. The van der Waals surface area contributed by atoms with Gasteiger partial charge in [0.05, 0.1) is 0 Å². The molecule has 0 radical (unpaired) electrons. The van der Waals surface area contributed by atoms with Crippen LogP contribution in [0.1, 0.15) is 37.5 Å². The standard InChI is InChI=1S/C18H32N4.HI/c1-14-11-15(2)13-16(12-14)7-8-20-17(19-6)21-9-10-22-18(3,4)5;/h11-13,22H,7-10H2,1-6H3,(H2,19,20,21);1H. The third-order valence-corrected chi connectivity index (χ3v) is 3.28. The van der Waals surface area contributed by atoms with Gasteiger partial charge in [-0.1, -0.05) is 29.3 Å². The lowest BCUT2D eigenvalue weighted by molar-refractivity contribution is 0.428. The van der Waals surface area contributed by atoms with Gasteiger partial charge in [-0.15, -0.1) is 24.0 Å². The van der Waals surface area contributed by atoms with Gasteiger partial charge in [0.25, 0.3) is 0 Å². The van der Waals surface area contributed by atoms with E-state index in [0.717, 1.165) is 32.0 Å². The van der Waals surface area contributed by atoms with Crippen molar-refractivity contribution in [3.05, 3.63) is 34.9 Å². The van der Waals surface area contributed by atoms with Crippen molar-refractivity contribution >= 4 is 29.9 Å². The van der Waals surface area contributed by atoms with Gasteiger partial charge in [-0.3, -0.25) is 4.99 Å². The maximum Gasteiger partial charge on any atom is 0.191 e. The summed E-state index contributed by atoms with van der Waals surface area (Å²) >= 11 is 0. The molecule has 0 aliphatic heterocycles. The minimum Gasteiger partial charge on any atom is -0.356 e. The summed E-state index contributed by atoms with van der Waals surface area (Å²) in [5, 5.41) is 10.1. The predicted octanol–water partition coefficient (Wildman–Crippen LogP) is 3.02. The van der Waals surface area contributed by atoms with Crippen LogP contribution in [-0.4, -0.2) is 38.2 Å². The molecule has 0 saturated carbocycles. The van der Waals surface area contributed by atoms with Crippen molar-refractivity contribution in [2.24, 2.45) is 4.99 Å². The van der Waals surface area contributed by atoms with E-state index in [1.54, 1.807) is 0 Å². The molecular weight excluding hydrogens is 399 g/mol. The van der Waals surface area contributed by atoms with Crippen molar-refractivity contribution in [2.75, 3.05) is 26.7 Å². The van der Waals surface area contributed by atoms with Gasteiger partial charge in [0, 0.05) is 32.2 Å². The van der Waals surface area contributed by atoms with Crippen molar-refractivity contribution in [3.63, 3.8) is 0 Å². The second-order valence-corrected chi connectivity index (χ2v) is 6.85. The third-order valence-electron chi connectivity index (χ3n) is 3.28. The van der Waals surface area contributed by atoms with Crippen LogP contribution in [0.25, 0.3) is 0 Å². The van der Waals surface area contributed by atoms with Gasteiger partial charge < -0.3 is 16.0 Å². The molecule has 0 aromatic heterocycles. The molecule has 1 aromatic rings. The molecule has 0 unspecified atom stereocenters. The fourth-order valence-corrected chi connectivity index (χ4v) is 2.38. The van der Waals surface area contributed by atoms with Gasteiger partial charge >= 0.3 is 0 Å². The van der Waals surface area contributed by atoms with E-state index in [9.17, 15) is 0 Å². The normalized spacial score (nSPS) is 11.8. The summed E-state index contributed by atoms with van der Waals surface area (Å²) in [7, 11) is 1.81. The van der Waals surface area contributed by atoms with E-state index in [-0.39, 0.29) is 29.5 Å².